The first kappa shape index (κ1) is 14.3. The maximum Gasteiger partial charge on any atom is 0.238 e. The van der Waals surface area contributed by atoms with Gasteiger partial charge in [0.1, 0.15) is 11.9 Å². The quantitative estimate of drug-likeness (QED) is 0.870. The summed E-state index contributed by atoms with van der Waals surface area (Å²) in [6, 6.07) is 7.22. The number of nitrogens with one attached hydrogen (secondary N) is 1. The van der Waals surface area contributed by atoms with Crippen molar-refractivity contribution in [1.29, 1.82) is 0 Å². The van der Waals surface area contributed by atoms with Gasteiger partial charge >= 0.3 is 0 Å². The topological polar surface area (TPSA) is 75.7 Å². The normalized spacial score (nSPS) is 28.0. The molecule has 3 rings (SSSR count). The first-order chi connectivity index (χ1) is 10.0. The van der Waals surface area contributed by atoms with Crippen molar-refractivity contribution in [3.05, 3.63) is 29.8 Å². The Morgan fingerprint density at radius 3 is 2.76 bits per heavy atom. The molecule has 1 aromatic carbocycles. The summed E-state index contributed by atoms with van der Waals surface area (Å²) >= 11 is 0. The van der Waals surface area contributed by atoms with Crippen LogP contribution in [0, 0.1) is 0 Å². The summed E-state index contributed by atoms with van der Waals surface area (Å²) in [5.41, 5.74) is 0.857. The van der Waals surface area contributed by atoms with Crippen molar-refractivity contribution in [3.63, 3.8) is 0 Å². The largest absolute Gasteiger partial charge is 0.496 e. The molecular formula is C14H18N2O4S. The molecule has 2 unspecified atom stereocenters. The van der Waals surface area contributed by atoms with Crippen LogP contribution in [-0.4, -0.2) is 50.4 Å². The number of benzene rings is 1. The molecule has 7 heteroatoms. The lowest BCUT2D eigenvalue weighted by Crippen LogP contribution is -2.40. The highest BCUT2D eigenvalue weighted by atomic mass is 32.2. The minimum absolute atomic E-state index is 0.0477. The lowest BCUT2D eigenvalue weighted by atomic mass is 10.1. The SMILES string of the molecule is COc1ccccc1C1NCC(=O)N1C1CCS(=O)(=O)C1. The maximum atomic E-state index is 12.2. The maximum absolute atomic E-state index is 12.2. The number of carbonyl (C=O) groups is 1. The van der Waals surface area contributed by atoms with Crippen molar-refractivity contribution in [3.8, 4) is 5.75 Å². The van der Waals surface area contributed by atoms with Crippen molar-refractivity contribution in [2.45, 2.75) is 18.6 Å². The smallest absolute Gasteiger partial charge is 0.238 e. The summed E-state index contributed by atoms with van der Waals surface area (Å²) in [6.45, 7) is 0.221. The molecule has 2 atom stereocenters. The van der Waals surface area contributed by atoms with Gasteiger partial charge in [0.2, 0.25) is 5.91 Å². The van der Waals surface area contributed by atoms with Gasteiger partial charge in [0.05, 0.1) is 25.2 Å². The monoisotopic (exact) mass is 310 g/mol. The van der Waals surface area contributed by atoms with Gasteiger partial charge in [-0.1, -0.05) is 18.2 Å². The molecule has 0 spiro atoms. The first-order valence-electron chi connectivity index (χ1n) is 6.90. The Balaban J connectivity index is 1.93. The average Bonchev–Trinajstić information content (AvgIpc) is 3.01. The van der Waals surface area contributed by atoms with Gasteiger partial charge in [0.15, 0.2) is 9.84 Å². The van der Waals surface area contributed by atoms with Crippen molar-refractivity contribution in [2.24, 2.45) is 0 Å². The number of methoxy groups -OCH3 is 1. The highest BCUT2D eigenvalue weighted by Gasteiger charge is 2.42. The summed E-state index contributed by atoms with van der Waals surface area (Å²) in [5.74, 6) is 0.829. The van der Waals surface area contributed by atoms with Gasteiger partial charge in [-0.15, -0.1) is 0 Å². The molecule has 1 aromatic rings. The Labute approximate surface area is 124 Å². The Morgan fingerprint density at radius 2 is 2.10 bits per heavy atom. The number of hydrogen-bond acceptors (Lipinski definition) is 5. The molecule has 0 radical (unpaired) electrons. The lowest BCUT2D eigenvalue weighted by Gasteiger charge is -2.30. The fourth-order valence-electron chi connectivity index (χ4n) is 3.08. The number of sulfone groups is 1. The molecule has 1 amide bonds. The number of carbonyl (C=O) groups excluding carboxylic acids is 1. The number of rotatable bonds is 3. The highest BCUT2D eigenvalue weighted by Crippen LogP contribution is 2.33. The Kier molecular flexibility index (Phi) is 3.62. The number of hydrogen-bond donors (Lipinski definition) is 1. The molecule has 2 heterocycles. The van der Waals surface area contributed by atoms with Gasteiger partial charge < -0.3 is 9.64 Å². The second kappa shape index (κ2) is 5.31. The van der Waals surface area contributed by atoms with E-state index in [0.29, 0.717) is 12.2 Å². The van der Waals surface area contributed by atoms with E-state index in [1.165, 1.54) is 0 Å². The van der Waals surface area contributed by atoms with Crippen LogP contribution in [0.5, 0.6) is 5.75 Å². The van der Waals surface area contributed by atoms with Crippen LogP contribution in [-0.2, 0) is 14.6 Å². The van der Waals surface area contributed by atoms with E-state index in [0.717, 1.165) is 5.56 Å². The van der Waals surface area contributed by atoms with Crippen LogP contribution < -0.4 is 10.1 Å². The van der Waals surface area contributed by atoms with Crippen LogP contribution in [0.4, 0.5) is 0 Å². The molecule has 0 aromatic heterocycles. The minimum Gasteiger partial charge on any atom is -0.496 e. The molecule has 114 valence electrons. The third-order valence-corrected chi connectivity index (χ3v) is 5.80. The summed E-state index contributed by atoms with van der Waals surface area (Å²) in [4.78, 5) is 13.9. The second-order valence-electron chi connectivity index (χ2n) is 5.38. The van der Waals surface area contributed by atoms with E-state index in [-0.39, 0.29) is 36.2 Å². The summed E-state index contributed by atoms with van der Waals surface area (Å²) in [7, 11) is -1.45. The van der Waals surface area contributed by atoms with Crippen LogP contribution in [0.25, 0.3) is 0 Å². The van der Waals surface area contributed by atoms with Gasteiger partial charge in [-0.25, -0.2) is 8.42 Å². The third-order valence-electron chi connectivity index (χ3n) is 4.05. The molecule has 1 N–H and O–H groups in total. The molecule has 2 fully saturated rings. The van der Waals surface area contributed by atoms with Gasteiger partial charge in [0, 0.05) is 11.6 Å². The van der Waals surface area contributed by atoms with Gasteiger partial charge in [-0.3, -0.25) is 10.1 Å². The number of ether oxygens (including phenoxy) is 1. The molecular weight excluding hydrogens is 292 g/mol. The first-order valence-corrected chi connectivity index (χ1v) is 8.72. The van der Waals surface area contributed by atoms with E-state index in [1.807, 2.05) is 24.3 Å². The molecule has 0 bridgehead atoms. The average molecular weight is 310 g/mol. The third kappa shape index (κ3) is 2.63. The van der Waals surface area contributed by atoms with E-state index in [2.05, 4.69) is 5.32 Å². The zero-order valence-corrected chi connectivity index (χ0v) is 12.6. The number of para-hydroxylation sites is 1. The van der Waals surface area contributed by atoms with Crippen molar-refractivity contribution < 1.29 is 17.9 Å². The van der Waals surface area contributed by atoms with Crippen LogP contribution in [0.2, 0.25) is 0 Å². The fraction of sp³-hybridized carbons (Fsp3) is 0.500. The molecule has 0 saturated carbocycles. The summed E-state index contributed by atoms with van der Waals surface area (Å²) in [5, 5.41) is 3.15. The van der Waals surface area contributed by atoms with E-state index in [4.69, 9.17) is 4.74 Å². The zero-order chi connectivity index (χ0) is 15.0. The highest BCUT2D eigenvalue weighted by molar-refractivity contribution is 7.91. The second-order valence-corrected chi connectivity index (χ2v) is 7.61. The van der Waals surface area contributed by atoms with Crippen LogP contribution in [0.15, 0.2) is 24.3 Å². The predicted octanol–water partition coefficient (Wildman–Crippen LogP) is 0.313. The molecule has 2 saturated heterocycles. The fourth-order valence-corrected chi connectivity index (χ4v) is 4.79. The van der Waals surface area contributed by atoms with Crippen LogP contribution in [0.3, 0.4) is 0 Å². The van der Waals surface area contributed by atoms with E-state index in [9.17, 15) is 13.2 Å². The minimum atomic E-state index is -3.03. The van der Waals surface area contributed by atoms with Gasteiger partial charge in [-0.05, 0) is 12.5 Å². The van der Waals surface area contributed by atoms with E-state index in [1.54, 1.807) is 12.0 Å². The molecule has 0 aliphatic carbocycles. The Morgan fingerprint density at radius 1 is 1.33 bits per heavy atom. The van der Waals surface area contributed by atoms with Gasteiger partial charge in [0.25, 0.3) is 0 Å². The molecule has 6 nitrogen and oxygen atoms in total. The summed E-state index contributed by atoms with van der Waals surface area (Å²) < 4.78 is 28.7. The van der Waals surface area contributed by atoms with E-state index >= 15 is 0 Å². The zero-order valence-electron chi connectivity index (χ0n) is 11.8. The van der Waals surface area contributed by atoms with Crippen molar-refractivity contribution >= 4 is 15.7 Å². The molecule has 2 aliphatic heterocycles. The number of amides is 1. The van der Waals surface area contributed by atoms with Crippen LogP contribution >= 0.6 is 0 Å². The molecule has 21 heavy (non-hydrogen) atoms. The Bertz CT molecular complexity index is 659. The van der Waals surface area contributed by atoms with Gasteiger partial charge in [-0.2, -0.15) is 0 Å². The van der Waals surface area contributed by atoms with Crippen molar-refractivity contribution in [2.75, 3.05) is 25.2 Å². The van der Waals surface area contributed by atoms with Crippen molar-refractivity contribution in [1.82, 2.24) is 10.2 Å². The van der Waals surface area contributed by atoms with Crippen LogP contribution in [0.1, 0.15) is 18.2 Å². The van der Waals surface area contributed by atoms with E-state index < -0.39 is 9.84 Å². The predicted molar refractivity (Wildman–Crippen MR) is 77.6 cm³/mol. The standard InChI is InChI=1S/C14H18N2O4S/c1-20-12-5-3-2-4-11(12)14-15-8-13(17)16(14)10-6-7-21(18,19)9-10/h2-5,10,14-15H,6-9H2,1H3. The Hall–Kier alpha value is -1.60. The number of nitrogens with zero attached hydrogens (tertiary/aromatic N) is 1. The summed E-state index contributed by atoms with van der Waals surface area (Å²) in [6.07, 6.45) is 0.174. The molecule has 2 aliphatic rings. The lowest BCUT2D eigenvalue weighted by molar-refractivity contribution is -0.129.